The highest BCUT2D eigenvalue weighted by Gasteiger charge is 2.16. The van der Waals surface area contributed by atoms with E-state index in [0.717, 1.165) is 6.42 Å². The highest BCUT2D eigenvalue weighted by molar-refractivity contribution is 5.89. The van der Waals surface area contributed by atoms with E-state index in [4.69, 9.17) is 4.74 Å². The molecule has 2 aromatic rings. The molecule has 6 nitrogen and oxygen atoms in total. The van der Waals surface area contributed by atoms with Crippen LogP contribution in [0.1, 0.15) is 53.5 Å². The van der Waals surface area contributed by atoms with E-state index in [2.05, 4.69) is 62.0 Å². The minimum atomic E-state index is -0.664. The smallest absolute Gasteiger partial charge is 0.359 e. The fourth-order valence-corrected chi connectivity index (χ4v) is 2.81. The molecular formula is C21H27N3O3. The van der Waals surface area contributed by atoms with Crippen LogP contribution in [0.2, 0.25) is 0 Å². The lowest BCUT2D eigenvalue weighted by Gasteiger charge is -2.22. The van der Waals surface area contributed by atoms with E-state index in [0.29, 0.717) is 6.54 Å². The van der Waals surface area contributed by atoms with Gasteiger partial charge in [0.05, 0.1) is 6.20 Å². The number of ether oxygens (including phenoxy) is 1. The Morgan fingerprint density at radius 2 is 1.78 bits per heavy atom. The molecule has 1 aromatic carbocycles. The zero-order valence-electron chi connectivity index (χ0n) is 16.6. The maximum absolute atomic E-state index is 11.9. The van der Waals surface area contributed by atoms with Gasteiger partial charge >= 0.3 is 5.97 Å². The van der Waals surface area contributed by atoms with Gasteiger partial charge in [-0.25, -0.2) is 9.78 Å². The third kappa shape index (κ3) is 5.88. The Morgan fingerprint density at radius 3 is 2.33 bits per heavy atom. The topological polar surface area (TPSA) is 81.2 Å². The van der Waals surface area contributed by atoms with Gasteiger partial charge in [0.1, 0.15) is 0 Å². The minimum Gasteiger partial charge on any atom is -0.451 e. The molecule has 0 saturated carbocycles. The van der Waals surface area contributed by atoms with Crippen LogP contribution in [0, 0.1) is 13.8 Å². The molecule has 0 radical (unpaired) electrons. The first-order valence-electron chi connectivity index (χ1n) is 8.99. The van der Waals surface area contributed by atoms with Crippen molar-refractivity contribution in [2.75, 3.05) is 13.2 Å². The number of aromatic nitrogens is 2. The number of aryl methyl sites for hydroxylation is 2. The van der Waals surface area contributed by atoms with Crippen molar-refractivity contribution >= 4 is 11.9 Å². The van der Waals surface area contributed by atoms with Crippen molar-refractivity contribution in [3.63, 3.8) is 0 Å². The predicted molar refractivity (Wildman–Crippen MR) is 104 cm³/mol. The number of nitrogens with zero attached hydrogens (tertiary/aromatic N) is 2. The molecule has 1 heterocycles. The fourth-order valence-electron chi connectivity index (χ4n) is 2.81. The lowest BCUT2D eigenvalue weighted by molar-refractivity contribution is -0.124. The number of carbonyl (C=O) groups excluding carboxylic acids is 2. The van der Waals surface area contributed by atoms with Gasteiger partial charge in [-0.1, -0.05) is 32.9 Å². The minimum absolute atomic E-state index is 0.0792. The molecule has 2 rings (SSSR count). The Labute approximate surface area is 160 Å². The summed E-state index contributed by atoms with van der Waals surface area (Å²) >= 11 is 0. The Hall–Kier alpha value is -2.76. The molecule has 1 amide bonds. The molecule has 0 aliphatic rings. The van der Waals surface area contributed by atoms with Crippen molar-refractivity contribution < 1.29 is 14.3 Å². The number of rotatable bonds is 6. The second-order valence-electron chi connectivity index (χ2n) is 7.61. The Kier molecular flexibility index (Phi) is 6.66. The van der Waals surface area contributed by atoms with Crippen LogP contribution in [0.15, 0.2) is 30.7 Å². The quantitative estimate of drug-likeness (QED) is 0.792. The highest BCUT2D eigenvalue weighted by Crippen LogP contribution is 2.27. The number of benzene rings is 1. The summed E-state index contributed by atoms with van der Waals surface area (Å²) in [4.78, 5) is 31.3. The van der Waals surface area contributed by atoms with E-state index in [1.54, 1.807) is 0 Å². The first-order valence-corrected chi connectivity index (χ1v) is 8.99. The SMILES string of the molecule is Cc1cc(C(C)(C)C)cc(C)c1CCNC(=O)COC(=O)c1cnccn1. The van der Waals surface area contributed by atoms with Gasteiger partial charge in [0, 0.05) is 18.9 Å². The van der Waals surface area contributed by atoms with Crippen LogP contribution in [0.5, 0.6) is 0 Å². The van der Waals surface area contributed by atoms with Crippen molar-refractivity contribution in [2.45, 2.75) is 46.5 Å². The van der Waals surface area contributed by atoms with Crippen LogP contribution in [-0.2, 0) is 21.4 Å². The Morgan fingerprint density at radius 1 is 1.11 bits per heavy atom. The summed E-state index contributed by atoms with van der Waals surface area (Å²) in [5, 5.41) is 2.79. The molecule has 1 N–H and O–H groups in total. The predicted octanol–water partition coefficient (Wildman–Crippen LogP) is 2.91. The van der Waals surface area contributed by atoms with Gasteiger partial charge in [0.25, 0.3) is 5.91 Å². The van der Waals surface area contributed by atoms with Gasteiger partial charge in [0.2, 0.25) is 0 Å². The molecule has 6 heteroatoms. The molecule has 0 bridgehead atoms. The van der Waals surface area contributed by atoms with Crippen molar-refractivity contribution in [3.8, 4) is 0 Å². The summed E-state index contributed by atoms with van der Waals surface area (Å²) in [6.07, 6.45) is 4.88. The highest BCUT2D eigenvalue weighted by atomic mass is 16.5. The van der Waals surface area contributed by atoms with E-state index in [-0.39, 0.29) is 23.6 Å². The molecule has 0 unspecified atom stereocenters. The molecule has 0 aliphatic heterocycles. The van der Waals surface area contributed by atoms with E-state index in [1.165, 1.54) is 40.8 Å². The van der Waals surface area contributed by atoms with Crippen LogP contribution in [0.25, 0.3) is 0 Å². The Balaban J connectivity index is 1.84. The average Bonchev–Trinajstić information content (AvgIpc) is 2.61. The molecule has 1 aromatic heterocycles. The second-order valence-corrected chi connectivity index (χ2v) is 7.61. The molecular weight excluding hydrogens is 342 g/mol. The number of amides is 1. The van der Waals surface area contributed by atoms with E-state index < -0.39 is 5.97 Å². The van der Waals surface area contributed by atoms with Crippen molar-refractivity contribution in [1.82, 2.24) is 15.3 Å². The second kappa shape index (κ2) is 8.75. The molecule has 144 valence electrons. The van der Waals surface area contributed by atoms with Crippen molar-refractivity contribution in [2.24, 2.45) is 0 Å². The lowest BCUT2D eigenvalue weighted by Crippen LogP contribution is -2.30. The maximum Gasteiger partial charge on any atom is 0.359 e. The van der Waals surface area contributed by atoms with Crippen LogP contribution in [-0.4, -0.2) is 35.0 Å². The van der Waals surface area contributed by atoms with E-state index in [9.17, 15) is 9.59 Å². The standard InChI is InChI=1S/C21H27N3O3/c1-14-10-16(21(3,4)5)11-15(2)17(14)6-7-24-19(25)13-27-20(26)18-12-22-8-9-23-18/h8-12H,6-7,13H2,1-5H3,(H,24,25). The molecule has 0 saturated heterocycles. The summed E-state index contributed by atoms with van der Waals surface area (Å²) in [6.45, 7) is 10.9. The number of carbonyl (C=O) groups is 2. The van der Waals surface area contributed by atoms with Gasteiger partial charge in [-0.15, -0.1) is 0 Å². The third-order valence-corrected chi connectivity index (χ3v) is 4.37. The van der Waals surface area contributed by atoms with Gasteiger partial charge < -0.3 is 10.1 Å². The average molecular weight is 369 g/mol. The van der Waals surface area contributed by atoms with Crippen molar-refractivity contribution in [1.29, 1.82) is 0 Å². The normalized spacial score (nSPS) is 11.1. The summed E-state index contributed by atoms with van der Waals surface area (Å²) in [5.74, 6) is -1.00. The summed E-state index contributed by atoms with van der Waals surface area (Å²) in [6, 6.07) is 4.43. The molecule has 0 atom stereocenters. The van der Waals surface area contributed by atoms with Crippen LogP contribution >= 0.6 is 0 Å². The van der Waals surface area contributed by atoms with E-state index in [1.807, 2.05) is 0 Å². The number of hydrogen-bond acceptors (Lipinski definition) is 5. The van der Waals surface area contributed by atoms with Crippen LogP contribution in [0.4, 0.5) is 0 Å². The fraction of sp³-hybridized carbons (Fsp3) is 0.429. The van der Waals surface area contributed by atoms with Gasteiger partial charge in [-0.2, -0.15) is 0 Å². The number of hydrogen-bond donors (Lipinski definition) is 1. The van der Waals surface area contributed by atoms with Crippen LogP contribution < -0.4 is 5.32 Å². The van der Waals surface area contributed by atoms with Gasteiger partial charge in [-0.3, -0.25) is 9.78 Å². The summed E-state index contributed by atoms with van der Waals surface area (Å²) in [7, 11) is 0. The summed E-state index contributed by atoms with van der Waals surface area (Å²) in [5.41, 5.74) is 5.18. The molecule has 0 fully saturated rings. The first kappa shape index (κ1) is 20.6. The zero-order chi connectivity index (χ0) is 20.0. The van der Waals surface area contributed by atoms with Crippen LogP contribution in [0.3, 0.4) is 0 Å². The molecule has 0 spiro atoms. The zero-order valence-corrected chi connectivity index (χ0v) is 16.6. The Bertz CT molecular complexity index is 788. The first-order chi connectivity index (χ1) is 12.7. The number of esters is 1. The van der Waals surface area contributed by atoms with Gasteiger partial charge in [0.15, 0.2) is 12.3 Å². The lowest BCUT2D eigenvalue weighted by atomic mass is 9.83. The molecule has 0 aliphatic carbocycles. The monoisotopic (exact) mass is 369 g/mol. The van der Waals surface area contributed by atoms with Gasteiger partial charge in [-0.05, 0) is 47.9 Å². The van der Waals surface area contributed by atoms with Crippen molar-refractivity contribution in [3.05, 3.63) is 58.7 Å². The maximum atomic E-state index is 11.9. The molecule has 27 heavy (non-hydrogen) atoms. The summed E-state index contributed by atoms with van der Waals surface area (Å²) < 4.78 is 4.94. The number of nitrogens with one attached hydrogen (secondary N) is 1. The third-order valence-electron chi connectivity index (χ3n) is 4.37. The largest absolute Gasteiger partial charge is 0.451 e. The van der Waals surface area contributed by atoms with E-state index >= 15 is 0 Å².